The molecule has 0 aromatic heterocycles. The predicted octanol–water partition coefficient (Wildman–Crippen LogP) is 5.13. The van der Waals surface area contributed by atoms with Crippen molar-refractivity contribution < 1.29 is 0 Å². The van der Waals surface area contributed by atoms with Crippen molar-refractivity contribution >= 4 is 0 Å². The molecule has 128 valence electrons. The van der Waals surface area contributed by atoms with Crippen molar-refractivity contribution in [2.75, 3.05) is 13.1 Å². The summed E-state index contributed by atoms with van der Waals surface area (Å²) in [5, 5.41) is 7.54. The Bertz CT molecular complexity index is 244. The van der Waals surface area contributed by atoms with Crippen LogP contribution in [0.25, 0.3) is 0 Å². The molecule has 0 saturated heterocycles. The normalized spacial score (nSPS) is 16.7. The summed E-state index contributed by atoms with van der Waals surface area (Å²) in [6.45, 7) is 18.3. The molecule has 0 aliphatic heterocycles. The number of nitrogens with one attached hydrogen (secondary N) is 2. The molecule has 2 unspecified atom stereocenters. The van der Waals surface area contributed by atoms with E-state index in [1.807, 2.05) is 0 Å². The summed E-state index contributed by atoms with van der Waals surface area (Å²) in [4.78, 5) is 0. The van der Waals surface area contributed by atoms with Gasteiger partial charge in [-0.3, -0.25) is 0 Å². The van der Waals surface area contributed by atoms with Crippen LogP contribution < -0.4 is 10.6 Å². The van der Waals surface area contributed by atoms with Crippen LogP contribution in [-0.2, 0) is 0 Å². The van der Waals surface area contributed by atoms with Gasteiger partial charge in [0, 0.05) is 11.6 Å². The molecule has 2 heteroatoms. The minimum atomic E-state index is 0.140. The van der Waals surface area contributed by atoms with E-state index in [1.165, 1.54) is 44.9 Å². The topological polar surface area (TPSA) is 24.1 Å². The molecule has 0 aliphatic rings. The zero-order chi connectivity index (χ0) is 16.4. The quantitative estimate of drug-likeness (QED) is 0.488. The molecule has 21 heavy (non-hydrogen) atoms. The monoisotopic (exact) mass is 298 g/mol. The smallest absolute Gasteiger partial charge is 0.0355 e. The number of hydrogen-bond donors (Lipinski definition) is 2. The molecule has 0 heterocycles. The molecular formula is C19H42N2. The lowest BCUT2D eigenvalue weighted by Crippen LogP contribution is -2.64. The second-order valence-electron chi connectivity index (χ2n) is 7.65. The van der Waals surface area contributed by atoms with Crippen molar-refractivity contribution in [2.45, 2.75) is 105 Å². The zero-order valence-corrected chi connectivity index (χ0v) is 15.9. The Kier molecular flexibility index (Phi) is 10.6. The first kappa shape index (κ1) is 20.9. The van der Waals surface area contributed by atoms with E-state index in [0.717, 1.165) is 13.1 Å². The highest BCUT2D eigenvalue weighted by Gasteiger charge is 2.42. The van der Waals surface area contributed by atoms with Crippen molar-refractivity contribution in [3.8, 4) is 0 Å². The van der Waals surface area contributed by atoms with Crippen molar-refractivity contribution in [1.29, 1.82) is 0 Å². The number of rotatable bonds is 12. The lowest BCUT2D eigenvalue weighted by molar-refractivity contribution is 0.102. The summed E-state index contributed by atoms with van der Waals surface area (Å²) in [5.74, 6) is 0. The van der Waals surface area contributed by atoms with Gasteiger partial charge < -0.3 is 10.6 Å². The summed E-state index contributed by atoms with van der Waals surface area (Å²) in [5.41, 5.74) is 0.388. The fourth-order valence-electron chi connectivity index (χ4n) is 3.25. The molecule has 0 aromatic carbocycles. The van der Waals surface area contributed by atoms with E-state index in [4.69, 9.17) is 0 Å². The Morgan fingerprint density at radius 1 is 0.762 bits per heavy atom. The maximum Gasteiger partial charge on any atom is 0.0355 e. The van der Waals surface area contributed by atoms with Crippen molar-refractivity contribution in [2.24, 2.45) is 5.41 Å². The van der Waals surface area contributed by atoms with E-state index in [-0.39, 0.29) is 11.0 Å². The van der Waals surface area contributed by atoms with Crippen LogP contribution in [0.2, 0.25) is 0 Å². The molecule has 0 saturated carbocycles. The van der Waals surface area contributed by atoms with Crippen LogP contribution in [-0.4, -0.2) is 24.7 Å². The molecule has 0 radical (unpaired) electrons. The summed E-state index contributed by atoms with van der Waals surface area (Å²) in [6, 6.07) is 0.550. The van der Waals surface area contributed by atoms with Crippen molar-refractivity contribution in [3.63, 3.8) is 0 Å². The largest absolute Gasteiger partial charge is 0.312 e. The van der Waals surface area contributed by atoms with Gasteiger partial charge in [-0.25, -0.2) is 0 Å². The lowest BCUT2D eigenvalue weighted by Gasteiger charge is -2.49. The Hall–Kier alpha value is -0.0800. The Labute approximate surface area is 134 Å². The Balaban J connectivity index is 4.54. The van der Waals surface area contributed by atoms with Crippen LogP contribution >= 0.6 is 0 Å². The summed E-state index contributed by atoms with van der Waals surface area (Å²) >= 11 is 0. The number of unbranched alkanes of at least 4 members (excludes halogenated alkanes) is 5. The first-order chi connectivity index (χ1) is 9.83. The predicted molar refractivity (Wildman–Crippen MR) is 97.0 cm³/mol. The van der Waals surface area contributed by atoms with E-state index < -0.39 is 0 Å². The summed E-state index contributed by atoms with van der Waals surface area (Å²) < 4.78 is 0. The minimum absolute atomic E-state index is 0.140. The van der Waals surface area contributed by atoms with Gasteiger partial charge in [-0.1, -0.05) is 80.1 Å². The average Bonchev–Trinajstić information content (AvgIpc) is 2.40. The zero-order valence-electron chi connectivity index (χ0n) is 15.9. The maximum atomic E-state index is 3.78. The van der Waals surface area contributed by atoms with Crippen LogP contribution in [0.1, 0.15) is 93.4 Å². The van der Waals surface area contributed by atoms with Crippen LogP contribution in [0, 0.1) is 5.41 Å². The molecule has 0 aromatic rings. The highest BCUT2D eigenvalue weighted by atomic mass is 15.1. The van der Waals surface area contributed by atoms with Gasteiger partial charge in [0.25, 0.3) is 0 Å². The van der Waals surface area contributed by atoms with Crippen LogP contribution in [0.3, 0.4) is 0 Å². The highest BCUT2D eigenvalue weighted by molar-refractivity contribution is 5.02. The molecule has 0 rings (SSSR count). The fourth-order valence-corrected chi connectivity index (χ4v) is 3.25. The molecule has 0 amide bonds. The molecular weight excluding hydrogens is 256 g/mol. The van der Waals surface area contributed by atoms with E-state index in [9.17, 15) is 0 Å². The van der Waals surface area contributed by atoms with Crippen molar-refractivity contribution in [1.82, 2.24) is 10.6 Å². The van der Waals surface area contributed by atoms with E-state index >= 15 is 0 Å². The van der Waals surface area contributed by atoms with Gasteiger partial charge in [-0.2, -0.15) is 0 Å². The van der Waals surface area contributed by atoms with Gasteiger partial charge in [0.1, 0.15) is 0 Å². The van der Waals surface area contributed by atoms with Gasteiger partial charge in [0.05, 0.1) is 0 Å². The standard InChI is InChI=1S/C19H42N2/c1-8-11-12-13-14-15-16-17(20-9-2)19(7,21-10-3)18(4,5)6/h17,20-21H,8-16H2,1-7H3. The summed E-state index contributed by atoms with van der Waals surface area (Å²) in [7, 11) is 0. The molecule has 0 aliphatic carbocycles. The number of likely N-dealkylation sites (N-methyl/N-ethyl adjacent to an activating group) is 2. The second-order valence-corrected chi connectivity index (χ2v) is 7.65. The lowest BCUT2D eigenvalue weighted by atomic mass is 9.69. The second kappa shape index (κ2) is 10.6. The molecule has 2 atom stereocenters. The van der Waals surface area contributed by atoms with E-state index in [1.54, 1.807) is 0 Å². The Morgan fingerprint density at radius 2 is 1.33 bits per heavy atom. The average molecular weight is 299 g/mol. The summed E-state index contributed by atoms with van der Waals surface area (Å²) in [6.07, 6.45) is 9.55. The van der Waals surface area contributed by atoms with E-state index in [2.05, 4.69) is 59.1 Å². The SMILES string of the molecule is CCCCCCCCC(NCC)C(C)(NCC)C(C)(C)C. The molecule has 0 bridgehead atoms. The third kappa shape index (κ3) is 7.15. The molecule has 2 N–H and O–H groups in total. The van der Waals surface area contributed by atoms with Crippen LogP contribution in [0.5, 0.6) is 0 Å². The first-order valence-electron chi connectivity index (χ1n) is 9.31. The number of hydrogen-bond acceptors (Lipinski definition) is 2. The molecule has 2 nitrogen and oxygen atoms in total. The molecule has 0 fully saturated rings. The van der Waals surface area contributed by atoms with E-state index in [0.29, 0.717) is 6.04 Å². The maximum absolute atomic E-state index is 3.78. The Morgan fingerprint density at radius 3 is 1.81 bits per heavy atom. The third-order valence-electron chi connectivity index (χ3n) is 5.10. The first-order valence-corrected chi connectivity index (χ1v) is 9.31. The fraction of sp³-hybridized carbons (Fsp3) is 1.00. The van der Waals surface area contributed by atoms with Gasteiger partial charge >= 0.3 is 0 Å². The van der Waals surface area contributed by atoms with Gasteiger partial charge in [0.15, 0.2) is 0 Å². The van der Waals surface area contributed by atoms with Crippen molar-refractivity contribution in [3.05, 3.63) is 0 Å². The van der Waals surface area contributed by atoms with Crippen LogP contribution in [0.4, 0.5) is 0 Å². The highest BCUT2D eigenvalue weighted by Crippen LogP contribution is 2.35. The van der Waals surface area contributed by atoms with Gasteiger partial charge in [-0.05, 0) is 31.8 Å². The van der Waals surface area contributed by atoms with Gasteiger partial charge in [-0.15, -0.1) is 0 Å². The molecule has 0 spiro atoms. The van der Waals surface area contributed by atoms with Crippen LogP contribution in [0.15, 0.2) is 0 Å². The third-order valence-corrected chi connectivity index (χ3v) is 5.10. The minimum Gasteiger partial charge on any atom is -0.312 e. The van der Waals surface area contributed by atoms with Gasteiger partial charge in [0.2, 0.25) is 0 Å².